The van der Waals surface area contributed by atoms with Crippen molar-refractivity contribution in [2.24, 2.45) is 5.92 Å². The van der Waals surface area contributed by atoms with Crippen molar-refractivity contribution in [3.8, 4) is 0 Å². The second-order valence-corrected chi connectivity index (χ2v) is 5.57. The quantitative estimate of drug-likeness (QED) is 0.792. The van der Waals surface area contributed by atoms with Gasteiger partial charge in [0.05, 0.1) is 0 Å². The number of allylic oxidation sites excluding steroid dienone is 2. The largest absolute Gasteiger partial charge is 0.300 e. The maximum atomic E-state index is 12.3. The van der Waals surface area contributed by atoms with Crippen LogP contribution in [0.1, 0.15) is 36.5 Å². The predicted molar refractivity (Wildman–Crippen MR) is 74.6 cm³/mol. The van der Waals surface area contributed by atoms with Gasteiger partial charge in [0, 0.05) is 16.0 Å². The van der Waals surface area contributed by atoms with Gasteiger partial charge in [0.25, 0.3) is 0 Å². The molecule has 2 nitrogen and oxygen atoms in total. The molecule has 94 valence electrons. The van der Waals surface area contributed by atoms with Crippen LogP contribution >= 0.6 is 15.9 Å². The zero-order valence-corrected chi connectivity index (χ0v) is 11.9. The molecule has 0 amide bonds. The van der Waals surface area contributed by atoms with E-state index in [1.165, 1.54) is 0 Å². The van der Waals surface area contributed by atoms with Gasteiger partial charge >= 0.3 is 0 Å². The van der Waals surface area contributed by atoms with Crippen molar-refractivity contribution >= 4 is 27.5 Å². The number of rotatable bonds is 3. The zero-order valence-electron chi connectivity index (χ0n) is 10.3. The maximum Gasteiger partial charge on any atom is 0.188 e. The number of hydrogen-bond acceptors (Lipinski definition) is 2. The third-order valence-corrected chi connectivity index (χ3v) is 3.87. The van der Waals surface area contributed by atoms with E-state index in [0.717, 1.165) is 22.9 Å². The molecule has 1 aromatic rings. The molecule has 1 atom stereocenters. The minimum absolute atomic E-state index is 0.0180. The van der Waals surface area contributed by atoms with Gasteiger partial charge in [-0.15, -0.1) is 0 Å². The van der Waals surface area contributed by atoms with E-state index in [4.69, 9.17) is 0 Å². The molecule has 3 heteroatoms. The minimum atomic E-state index is 0.0180. The second-order valence-electron chi connectivity index (χ2n) is 4.65. The zero-order chi connectivity index (χ0) is 13.1. The molecule has 1 unspecified atom stereocenters. The lowest BCUT2D eigenvalue weighted by Gasteiger charge is -2.19. The Hall–Kier alpha value is -1.22. The van der Waals surface area contributed by atoms with Gasteiger partial charge in [-0.2, -0.15) is 0 Å². The van der Waals surface area contributed by atoms with Crippen molar-refractivity contribution < 1.29 is 9.59 Å². The number of benzene rings is 1. The van der Waals surface area contributed by atoms with Gasteiger partial charge in [-0.25, -0.2) is 0 Å². The average Bonchev–Trinajstić information content (AvgIpc) is 2.39. The molecule has 0 saturated carbocycles. The summed E-state index contributed by atoms with van der Waals surface area (Å²) in [4.78, 5) is 23.7. The van der Waals surface area contributed by atoms with Crippen LogP contribution in [-0.4, -0.2) is 11.6 Å². The molecule has 18 heavy (non-hydrogen) atoms. The first-order valence-corrected chi connectivity index (χ1v) is 6.87. The van der Waals surface area contributed by atoms with E-state index in [0.29, 0.717) is 12.0 Å². The van der Waals surface area contributed by atoms with E-state index in [1.807, 2.05) is 30.3 Å². The summed E-state index contributed by atoms with van der Waals surface area (Å²) in [5.41, 5.74) is 1.47. The fraction of sp³-hybridized carbons (Fsp3) is 0.333. The molecule has 2 rings (SSSR count). The molecule has 0 aliphatic heterocycles. The maximum absolute atomic E-state index is 12.3. The van der Waals surface area contributed by atoms with Crippen LogP contribution in [0.4, 0.5) is 0 Å². The Bertz CT molecular complexity index is 500. The van der Waals surface area contributed by atoms with Crippen molar-refractivity contribution in [2.45, 2.75) is 26.2 Å². The van der Waals surface area contributed by atoms with E-state index in [9.17, 15) is 9.59 Å². The van der Waals surface area contributed by atoms with Gasteiger partial charge in [-0.1, -0.05) is 22.0 Å². The van der Waals surface area contributed by atoms with Gasteiger partial charge in [0.2, 0.25) is 0 Å². The molecule has 0 fully saturated rings. The Morgan fingerprint density at radius 3 is 2.50 bits per heavy atom. The molecular weight excluding hydrogens is 292 g/mol. The molecule has 0 aromatic heterocycles. The summed E-state index contributed by atoms with van der Waals surface area (Å²) in [5.74, 6) is 0.252. The Kier molecular flexibility index (Phi) is 4.12. The topological polar surface area (TPSA) is 34.1 Å². The molecule has 1 aliphatic rings. The fourth-order valence-corrected chi connectivity index (χ4v) is 2.49. The SMILES string of the molecule is CC(=O)C1CCC=C(C(=O)c2ccc(Br)cc2)C1. The smallest absolute Gasteiger partial charge is 0.188 e. The van der Waals surface area contributed by atoms with Gasteiger partial charge in [-0.3, -0.25) is 9.59 Å². The third kappa shape index (κ3) is 2.96. The monoisotopic (exact) mass is 306 g/mol. The lowest BCUT2D eigenvalue weighted by molar-refractivity contribution is -0.120. The van der Waals surface area contributed by atoms with Crippen molar-refractivity contribution in [3.05, 3.63) is 46.0 Å². The molecule has 0 bridgehead atoms. The predicted octanol–water partition coefficient (Wildman–Crippen LogP) is 3.95. The Labute approximate surface area is 115 Å². The first-order valence-electron chi connectivity index (χ1n) is 6.07. The fourth-order valence-electron chi connectivity index (χ4n) is 2.23. The van der Waals surface area contributed by atoms with Crippen LogP contribution in [0, 0.1) is 5.92 Å². The van der Waals surface area contributed by atoms with Gasteiger partial charge in [0.15, 0.2) is 5.78 Å². The molecule has 0 heterocycles. The second kappa shape index (κ2) is 5.61. The van der Waals surface area contributed by atoms with Crippen molar-refractivity contribution in [2.75, 3.05) is 0 Å². The van der Waals surface area contributed by atoms with Crippen LogP contribution in [-0.2, 0) is 4.79 Å². The first-order chi connectivity index (χ1) is 8.58. The van der Waals surface area contributed by atoms with Gasteiger partial charge in [-0.05, 0) is 56.0 Å². The first kappa shape index (κ1) is 13.2. The lowest BCUT2D eigenvalue weighted by Crippen LogP contribution is -2.18. The standard InChI is InChI=1S/C15H15BrO2/c1-10(17)12-3-2-4-13(9-12)15(18)11-5-7-14(16)8-6-11/h4-8,12H,2-3,9H2,1H3. The number of hydrogen-bond donors (Lipinski definition) is 0. The van der Waals surface area contributed by atoms with Crippen LogP contribution < -0.4 is 0 Å². The number of ketones is 2. The van der Waals surface area contributed by atoms with E-state index in [-0.39, 0.29) is 17.5 Å². The average molecular weight is 307 g/mol. The Morgan fingerprint density at radius 2 is 1.89 bits per heavy atom. The van der Waals surface area contributed by atoms with Crippen LogP contribution in [0.25, 0.3) is 0 Å². The summed E-state index contributed by atoms with van der Waals surface area (Å²) in [6.45, 7) is 1.61. The third-order valence-electron chi connectivity index (χ3n) is 3.35. The number of carbonyl (C=O) groups excluding carboxylic acids is 2. The van der Waals surface area contributed by atoms with E-state index >= 15 is 0 Å². The van der Waals surface area contributed by atoms with E-state index < -0.39 is 0 Å². The molecule has 0 N–H and O–H groups in total. The molecule has 1 aromatic carbocycles. The van der Waals surface area contributed by atoms with Crippen LogP contribution in [0.2, 0.25) is 0 Å². The molecular formula is C15H15BrO2. The van der Waals surface area contributed by atoms with Crippen LogP contribution in [0.15, 0.2) is 40.4 Å². The van der Waals surface area contributed by atoms with Gasteiger partial charge < -0.3 is 0 Å². The normalized spacial score (nSPS) is 19.2. The van der Waals surface area contributed by atoms with Crippen molar-refractivity contribution in [3.63, 3.8) is 0 Å². The summed E-state index contributed by atoms with van der Waals surface area (Å²) in [5, 5.41) is 0. The van der Waals surface area contributed by atoms with E-state index in [1.54, 1.807) is 6.92 Å². The van der Waals surface area contributed by atoms with Crippen molar-refractivity contribution in [1.82, 2.24) is 0 Å². The highest BCUT2D eigenvalue weighted by atomic mass is 79.9. The molecule has 0 spiro atoms. The minimum Gasteiger partial charge on any atom is -0.300 e. The number of halogens is 1. The Balaban J connectivity index is 2.16. The van der Waals surface area contributed by atoms with Crippen molar-refractivity contribution in [1.29, 1.82) is 0 Å². The van der Waals surface area contributed by atoms with Crippen LogP contribution in [0.3, 0.4) is 0 Å². The Morgan fingerprint density at radius 1 is 1.22 bits per heavy atom. The molecule has 0 saturated heterocycles. The summed E-state index contributed by atoms with van der Waals surface area (Å²) >= 11 is 3.35. The summed E-state index contributed by atoms with van der Waals surface area (Å²) in [7, 11) is 0. The highest BCUT2D eigenvalue weighted by Gasteiger charge is 2.23. The number of carbonyl (C=O) groups is 2. The van der Waals surface area contributed by atoms with Gasteiger partial charge in [0.1, 0.15) is 5.78 Å². The molecule has 1 aliphatic carbocycles. The summed E-state index contributed by atoms with van der Waals surface area (Å²) < 4.78 is 0.957. The lowest BCUT2D eigenvalue weighted by atomic mass is 9.83. The van der Waals surface area contributed by atoms with E-state index in [2.05, 4.69) is 15.9 Å². The highest BCUT2D eigenvalue weighted by Crippen LogP contribution is 2.27. The highest BCUT2D eigenvalue weighted by molar-refractivity contribution is 9.10. The number of Topliss-reactive ketones (excluding diaryl/α,β-unsaturated/α-hetero) is 2. The van der Waals surface area contributed by atoms with Crippen LogP contribution in [0.5, 0.6) is 0 Å². The summed E-state index contributed by atoms with van der Waals surface area (Å²) in [6.07, 6.45) is 4.25. The molecule has 0 radical (unpaired) electrons. The summed E-state index contributed by atoms with van der Waals surface area (Å²) in [6, 6.07) is 7.34.